The van der Waals surface area contributed by atoms with Gasteiger partial charge in [0, 0.05) is 6.20 Å². The first-order valence-corrected chi connectivity index (χ1v) is 5.16. The second kappa shape index (κ2) is 3.58. The third-order valence-electron chi connectivity index (χ3n) is 1.08. The molecule has 0 aliphatic heterocycles. The van der Waals surface area contributed by atoms with Crippen molar-refractivity contribution in [3.8, 4) is 6.01 Å². The van der Waals surface area contributed by atoms with Crippen LogP contribution in [0.2, 0.25) is 0 Å². The molecule has 0 unspecified atom stereocenters. The van der Waals surface area contributed by atoms with E-state index in [1.807, 2.05) is 0 Å². The molecule has 0 bridgehead atoms. The lowest BCUT2D eigenvalue weighted by molar-refractivity contribution is 0.0689. The van der Waals surface area contributed by atoms with Gasteiger partial charge in [-0.05, 0) is 6.07 Å². The summed E-state index contributed by atoms with van der Waals surface area (Å²) in [6.45, 7) is 0. The number of rotatable bonds is 3. The van der Waals surface area contributed by atoms with Crippen molar-refractivity contribution in [1.29, 1.82) is 0 Å². The van der Waals surface area contributed by atoms with E-state index < -0.39 is 22.1 Å². The lowest BCUT2D eigenvalue weighted by Gasteiger charge is -1.99. The summed E-state index contributed by atoms with van der Waals surface area (Å²) in [5, 5.41) is 8.51. The van der Waals surface area contributed by atoms with Crippen LogP contribution >= 0.6 is 0 Å². The predicted molar refractivity (Wildman–Crippen MR) is 44.5 cm³/mol. The number of hydrogen-bond acceptors (Lipinski definition) is 6. The number of carboxylic acid groups (broad SMARTS) is 1. The predicted octanol–water partition coefficient (Wildman–Crippen LogP) is -0.487. The van der Waals surface area contributed by atoms with Crippen LogP contribution in [-0.2, 0) is 10.1 Å². The summed E-state index contributed by atoms with van der Waals surface area (Å²) in [5.41, 5.74) is -0.335. The van der Waals surface area contributed by atoms with Crippen LogP contribution in [0.4, 0.5) is 0 Å². The fourth-order valence-electron chi connectivity index (χ4n) is 0.635. The van der Waals surface area contributed by atoms with Crippen LogP contribution in [-0.4, -0.2) is 35.7 Å². The molecule has 8 heteroatoms. The van der Waals surface area contributed by atoms with Gasteiger partial charge in [-0.2, -0.15) is 13.4 Å². The molecule has 0 aromatic carbocycles. The zero-order valence-corrected chi connectivity index (χ0v) is 7.85. The molecule has 7 nitrogen and oxygen atoms in total. The summed E-state index contributed by atoms with van der Waals surface area (Å²) in [6, 6.07) is 0.615. The van der Waals surface area contributed by atoms with Gasteiger partial charge in [-0.3, -0.25) is 0 Å². The molecule has 1 rings (SSSR count). The van der Waals surface area contributed by atoms with Crippen molar-refractivity contribution in [2.24, 2.45) is 0 Å². The Morgan fingerprint density at radius 2 is 2.21 bits per heavy atom. The Morgan fingerprint density at radius 1 is 1.57 bits per heavy atom. The molecule has 0 fully saturated rings. The van der Waals surface area contributed by atoms with Gasteiger partial charge < -0.3 is 9.29 Å². The molecule has 1 N–H and O–H groups in total. The van der Waals surface area contributed by atoms with Gasteiger partial charge in [-0.1, -0.05) is 0 Å². The molecule has 0 amide bonds. The molecule has 0 radical (unpaired) electrons. The minimum atomic E-state index is -3.74. The number of carbonyl (C=O) groups is 1. The first kappa shape index (κ1) is 10.4. The molecule has 1 aromatic rings. The highest BCUT2D eigenvalue weighted by Gasteiger charge is 2.10. The number of hydrogen-bond donors (Lipinski definition) is 1. The van der Waals surface area contributed by atoms with E-state index in [2.05, 4.69) is 14.2 Å². The SMILES string of the molecule is CS(=O)(=O)Oc1nccc(C(=O)O)n1. The van der Waals surface area contributed by atoms with Crippen LogP contribution in [0.5, 0.6) is 6.01 Å². The Balaban J connectivity index is 3.01. The van der Waals surface area contributed by atoms with Crippen molar-refractivity contribution in [3.05, 3.63) is 18.0 Å². The molecule has 14 heavy (non-hydrogen) atoms. The smallest absolute Gasteiger partial charge is 0.354 e. The third-order valence-corrected chi connectivity index (χ3v) is 1.53. The summed E-state index contributed by atoms with van der Waals surface area (Å²) in [4.78, 5) is 17.2. The average Bonchev–Trinajstić information content (AvgIpc) is 2.01. The van der Waals surface area contributed by atoms with E-state index in [4.69, 9.17) is 5.11 Å². The van der Waals surface area contributed by atoms with Crippen LogP contribution in [0.25, 0.3) is 0 Å². The molecule has 0 spiro atoms. The van der Waals surface area contributed by atoms with E-state index in [0.29, 0.717) is 0 Å². The van der Waals surface area contributed by atoms with Crippen molar-refractivity contribution in [1.82, 2.24) is 9.97 Å². The van der Waals surface area contributed by atoms with Gasteiger partial charge >= 0.3 is 22.1 Å². The first-order chi connectivity index (χ1) is 6.38. The van der Waals surface area contributed by atoms with E-state index in [0.717, 1.165) is 18.5 Å². The Labute approximate surface area is 79.5 Å². The zero-order chi connectivity index (χ0) is 10.8. The quantitative estimate of drug-likeness (QED) is 0.682. The molecule has 0 atom stereocenters. The summed E-state index contributed by atoms with van der Waals surface area (Å²) < 4.78 is 25.5. The second-order valence-electron chi connectivity index (χ2n) is 2.32. The van der Waals surface area contributed by atoms with E-state index in [9.17, 15) is 13.2 Å². The maximum atomic E-state index is 10.6. The maximum absolute atomic E-state index is 10.6. The average molecular weight is 218 g/mol. The Morgan fingerprint density at radius 3 is 2.71 bits per heavy atom. The summed E-state index contributed by atoms with van der Waals surface area (Å²) in [6.07, 6.45) is 1.90. The summed E-state index contributed by atoms with van der Waals surface area (Å²) >= 11 is 0. The third kappa shape index (κ3) is 2.98. The second-order valence-corrected chi connectivity index (χ2v) is 3.89. The van der Waals surface area contributed by atoms with Crippen molar-refractivity contribution < 1.29 is 22.5 Å². The van der Waals surface area contributed by atoms with Gasteiger partial charge in [0.05, 0.1) is 6.26 Å². The van der Waals surface area contributed by atoms with E-state index >= 15 is 0 Å². The number of aromatic carboxylic acids is 1. The van der Waals surface area contributed by atoms with E-state index in [1.54, 1.807) is 0 Å². The minimum absolute atomic E-state index is 0.335. The molecular formula is C6H6N2O5S. The first-order valence-electron chi connectivity index (χ1n) is 3.34. The van der Waals surface area contributed by atoms with Crippen LogP contribution < -0.4 is 4.18 Å². The zero-order valence-electron chi connectivity index (χ0n) is 7.04. The van der Waals surface area contributed by atoms with Crippen LogP contribution in [0.3, 0.4) is 0 Å². The summed E-state index contributed by atoms with van der Waals surface area (Å²) in [5.74, 6) is -1.29. The fraction of sp³-hybridized carbons (Fsp3) is 0.167. The van der Waals surface area contributed by atoms with Gasteiger partial charge in [0.25, 0.3) is 0 Å². The van der Waals surface area contributed by atoms with Crippen molar-refractivity contribution in [2.75, 3.05) is 6.26 Å². The minimum Gasteiger partial charge on any atom is -0.477 e. The molecule has 1 aromatic heterocycles. The monoisotopic (exact) mass is 218 g/mol. The maximum Gasteiger partial charge on any atom is 0.354 e. The molecular weight excluding hydrogens is 212 g/mol. The van der Waals surface area contributed by atoms with Crippen LogP contribution in [0, 0.1) is 0 Å². The normalized spacial score (nSPS) is 10.9. The number of carboxylic acids is 1. The van der Waals surface area contributed by atoms with E-state index in [1.165, 1.54) is 0 Å². The molecule has 1 heterocycles. The Bertz CT molecular complexity index is 455. The standard InChI is InChI=1S/C6H6N2O5S/c1-14(11,12)13-6-7-3-2-4(8-6)5(9)10/h2-3H,1H3,(H,9,10). The van der Waals surface area contributed by atoms with Crippen LogP contribution in [0.1, 0.15) is 10.5 Å². The fourth-order valence-corrected chi connectivity index (χ4v) is 0.987. The van der Waals surface area contributed by atoms with Gasteiger partial charge in [0.15, 0.2) is 5.69 Å². The molecule has 0 saturated heterocycles. The Kier molecular flexibility index (Phi) is 2.65. The van der Waals surface area contributed by atoms with Gasteiger partial charge in [-0.25, -0.2) is 9.78 Å². The van der Waals surface area contributed by atoms with Gasteiger partial charge in [0.1, 0.15) is 0 Å². The largest absolute Gasteiger partial charge is 0.477 e. The number of aromatic nitrogens is 2. The van der Waals surface area contributed by atoms with Crippen LogP contribution in [0.15, 0.2) is 12.3 Å². The highest BCUT2D eigenvalue weighted by Crippen LogP contribution is 2.04. The molecule has 0 aliphatic carbocycles. The number of nitrogens with zero attached hydrogens (tertiary/aromatic N) is 2. The van der Waals surface area contributed by atoms with Crippen molar-refractivity contribution >= 4 is 16.1 Å². The highest BCUT2D eigenvalue weighted by molar-refractivity contribution is 7.86. The lowest BCUT2D eigenvalue weighted by atomic mass is 10.4. The van der Waals surface area contributed by atoms with Crippen molar-refractivity contribution in [2.45, 2.75) is 0 Å². The Hall–Kier alpha value is -1.70. The molecule has 76 valence electrons. The summed E-state index contributed by atoms with van der Waals surface area (Å²) in [7, 11) is -3.74. The van der Waals surface area contributed by atoms with Gasteiger partial charge in [0.2, 0.25) is 0 Å². The topological polar surface area (TPSA) is 106 Å². The molecule has 0 aliphatic rings. The highest BCUT2D eigenvalue weighted by atomic mass is 32.2. The van der Waals surface area contributed by atoms with E-state index in [-0.39, 0.29) is 5.69 Å². The van der Waals surface area contributed by atoms with Crippen molar-refractivity contribution in [3.63, 3.8) is 0 Å². The molecule has 0 saturated carbocycles. The van der Waals surface area contributed by atoms with Gasteiger partial charge in [-0.15, -0.1) is 0 Å². The lowest BCUT2D eigenvalue weighted by Crippen LogP contribution is -2.10.